The van der Waals surface area contributed by atoms with E-state index in [1.54, 1.807) is 73.0 Å². The number of fused-ring (bicyclic) bond motifs is 2. The van der Waals surface area contributed by atoms with Gasteiger partial charge in [-0.25, -0.2) is 19.6 Å². The van der Waals surface area contributed by atoms with Gasteiger partial charge in [-0.3, -0.25) is 14.4 Å². The topological polar surface area (TPSA) is 219 Å². The number of aliphatic hydroxyl groups excluding tert-OH is 1. The summed E-state index contributed by atoms with van der Waals surface area (Å²) in [7, 11) is 5.56. The number of ketones is 1. The number of hydrogen-bond donors (Lipinski definition) is 3. The molecule has 4 aromatic rings. The molecule has 7 rings (SSSR count). The van der Waals surface area contributed by atoms with Gasteiger partial charge in [-0.2, -0.15) is 0 Å². The number of rotatable bonds is 12. The first-order valence-electron chi connectivity index (χ1n) is 25.3. The highest BCUT2D eigenvalue weighted by molar-refractivity contribution is 5.88. The van der Waals surface area contributed by atoms with Gasteiger partial charge in [0.25, 0.3) is 0 Å². The van der Waals surface area contributed by atoms with Crippen molar-refractivity contribution in [1.29, 1.82) is 0 Å². The maximum atomic E-state index is 14.8. The highest BCUT2D eigenvalue weighted by atomic mass is 16.7. The zero-order chi connectivity index (χ0) is 52.9. The molecule has 3 aliphatic rings. The molecule has 14 atom stereocenters. The van der Waals surface area contributed by atoms with E-state index in [9.17, 15) is 29.1 Å². The number of aryl methyl sites for hydroxylation is 1. The molecular weight excluding hydrogens is 937 g/mol. The molecule has 73 heavy (non-hydrogen) atoms. The number of para-hydroxylation sites is 1. The van der Waals surface area contributed by atoms with Crippen molar-refractivity contribution in [2.45, 2.75) is 141 Å². The minimum atomic E-state index is -1.78. The molecule has 18 heteroatoms. The standard InChI is InChI=1S/C55H72N6O12/c1-12-42-55(8)47(59-53(67)73-55)33(4)44(63)31(2)29-54(7,72-52(66)58-24-15-17-36-20-22-37(23-21-36)49-56-25-16-26-57-49)48(71-51-45(64)41(60(9)10)27-32(3)68-51)34(5)46(35(6)50(65)69-42)70-43(62)28-38-30-61(11)40-19-14-13-18-39(38)40/h13-23,25-26,30-35,41-42,45-48,51,64H,12,24,27-29H2,1-11H3,(H,58,66)(H,59,67)/b17-15+/t31-,32-,33+,34+,35-,41+,42-,45-,46+,47-,48-,51+,54-,55-/m1/s1. The maximum Gasteiger partial charge on any atom is 0.408 e. The second-order valence-corrected chi connectivity index (χ2v) is 20.7. The van der Waals surface area contributed by atoms with Crippen LogP contribution in [-0.4, -0.2) is 135 Å². The second kappa shape index (κ2) is 22.9. The molecule has 0 radical (unpaired) electrons. The number of esters is 2. The highest BCUT2D eigenvalue weighted by Gasteiger charge is 2.58. The van der Waals surface area contributed by atoms with Gasteiger partial charge in [0, 0.05) is 72.4 Å². The Labute approximate surface area is 427 Å². The molecule has 0 aliphatic carbocycles. The fraction of sp³-hybridized carbons (Fsp3) is 0.545. The number of aromatic nitrogens is 3. The Kier molecular flexibility index (Phi) is 17.1. The van der Waals surface area contributed by atoms with Gasteiger partial charge < -0.3 is 53.6 Å². The van der Waals surface area contributed by atoms with E-state index < -0.39 is 108 Å². The van der Waals surface area contributed by atoms with E-state index in [0.29, 0.717) is 17.8 Å². The number of nitrogens with zero attached hydrogens (tertiary/aromatic N) is 4. The maximum absolute atomic E-state index is 14.8. The number of aliphatic hydroxyl groups is 1. The normalized spacial score (nSPS) is 32.3. The molecule has 2 amide bonds. The van der Waals surface area contributed by atoms with Crippen LogP contribution in [0.4, 0.5) is 9.59 Å². The molecule has 2 aromatic carbocycles. The molecule has 5 heterocycles. The van der Waals surface area contributed by atoms with Crippen LogP contribution in [0.25, 0.3) is 28.4 Å². The molecule has 3 aliphatic heterocycles. The van der Waals surface area contributed by atoms with E-state index in [0.717, 1.165) is 22.0 Å². The van der Waals surface area contributed by atoms with Crippen molar-refractivity contribution in [2.75, 3.05) is 20.6 Å². The number of cyclic esters (lactones) is 1. The van der Waals surface area contributed by atoms with E-state index >= 15 is 0 Å². The fourth-order valence-corrected chi connectivity index (χ4v) is 11.1. The summed E-state index contributed by atoms with van der Waals surface area (Å²) in [6.45, 7) is 13.6. The van der Waals surface area contributed by atoms with E-state index in [1.165, 1.54) is 0 Å². The van der Waals surface area contributed by atoms with E-state index in [-0.39, 0.29) is 31.6 Å². The first-order valence-corrected chi connectivity index (χ1v) is 25.3. The monoisotopic (exact) mass is 1010 g/mol. The largest absolute Gasteiger partial charge is 0.461 e. The molecule has 394 valence electrons. The zero-order valence-electron chi connectivity index (χ0n) is 43.8. The highest BCUT2D eigenvalue weighted by Crippen LogP contribution is 2.42. The van der Waals surface area contributed by atoms with Crippen molar-refractivity contribution < 1.29 is 57.5 Å². The Morgan fingerprint density at radius 1 is 0.986 bits per heavy atom. The summed E-state index contributed by atoms with van der Waals surface area (Å²) in [5, 5.41) is 18.4. The van der Waals surface area contributed by atoms with Crippen LogP contribution in [0.1, 0.15) is 85.8 Å². The van der Waals surface area contributed by atoms with Crippen LogP contribution in [0.5, 0.6) is 0 Å². The van der Waals surface area contributed by atoms with Crippen LogP contribution in [0, 0.1) is 23.7 Å². The number of amides is 2. The number of benzene rings is 2. The van der Waals surface area contributed by atoms with Crippen LogP contribution in [0.15, 0.2) is 79.3 Å². The third-order valence-corrected chi connectivity index (χ3v) is 15.0. The van der Waals surface area contributed by atoms with Gasteiger partial charge in [-0.05, 0) is 84.3 Å². The summed E-state index contributed by atoms with van der Waals surface area (Å²) in [6.07, 6.45) is 0.873. The first-order chi connectivity index (χ1) is 34.6. The zero-order valence-corrected chi connectivity index (χ0v) is 43.8. The molecule has 0 unspecified atom stereocenters. The van der Waals surface area contributed by atoms with E-state index in [2.05, 4.69) is 20.6 Å². The molecule has 0 saturated carbocycles. The lowest BCUT2D eigenvalue weighted by molar-refractivity contribution is -0.298. The Bertz CT molecular complexity index is 2630. The molecule has 0 bridgehead atoms. The average Bonchev–Trinajstić information content (AvgIpc) is 3.85. The van der Waals surface area contributed by atoms with Crippen LogP contribution < -0.4 is 10.6 Å². The Hall–Kier alpha value is -6.21. The lowest BCUT2D eigenvalue weighted by atomic mass is 9.73. The van der Waals surface area contributed by atoms with Gasteiger partial charge in [0.2, 0.25) is 0 Å². The number of carbonyl (C=O) groups excluding carboxylic acids is 5. The summed E-state index contributed by atoms with van der Waals surface area (Å²) in [6, 6.07) is 15.6. The smallest absolute Gasteiger partial charge is 0.408 e. The van der Waals surface area contributed by atoms with Crippen LogP contribution in [0.2, 0.25) is 0 Å². The lowest BCUT2D eigenvalue weighted by Gasteiger charge is -2.48. The number of alkyl carbamates (subject to hydrolysis) is 2. The number of hydrogen-bond acceptors (Lipinski definition) is 15. The molecule has 3 fully saturated rings. The number of likely N-dealkylation sites (N-methyl/N-ethyl adjacent to an activating group) is 1. The predicted octanol–water partition coefficient (Wildman–Crippen LogP) is 6.81. The molecule has 18 nitrogen and oxygen atoms in total. The summed E-state index contributed by atoms with van der Waals surface area (Å²) < 4.78 is 40.4. The van der Waals surface area contributed by atoms with Crippen molar-refractivity contribution in [2.24, 2.45) is 30.7 Å². The minimum Gasteiger partial charge on any atom is -0.461 e. The summed E-state index contributed by atoms with van der Waals surface area (Å²) in [5.74, 6) is -5.17. The number of ether oxygens (including phenoxy) is 6. The summed E-state index contributed by atoms with van der Waals surface area (Å²) in [4.78, 5) is 82.0. The van der Waals surface area contributed by atoms with Gasteiger partial charge >= 0.3 is 24.1 Å². The minimum absolute atomic E-state index is 0.0351. The van der Waals surface area contributed by atoms with Crippen LogP contribution in [-0.2, 0) is 56.3 Å². The molecule has 3 N–H and O–H groups in total. The van der Waals surface area contributed by atoms with Crippen molar-refractivity contribution >= 4 is 46.9 Å². The Morgan fingerprint density at radius 2 is 1.68 bits per heavy atom. The number of nitrogens with one attached hydrogen (secondary N) is 2. The quantitative estimate of drug-likeness (QED) is 0.0981. The van der Waals surface area contributed by atoms with Gasteiger partial charge in [0.05, 0.1) is 24.5 Å². The van der Waals surface area contributed by atoms with Gasteiger partial charge in [-0.15, -0.1) is 0 Å². The Morgan fingerprint density at radius 3 is 2.37 bits per heavy atom. The van der Waals surface area contributed by atoms with Crippen molar-refractivity contribution in [3.05, 3.63) is 90.4 Å². The third-order valence-electron chi connectivity index (χ3n) is 15.0. The molecule has 2 aromatic heterocycles. The Balaban J connectivity index is 1.28. The van der Waals surface area contributed by atoms with Gasteiger partial charge in [0.1, 0.15) is 35.8 Å². The summed E-state index contributed by atoms with van der Waals surface area (Å²) in [5.41, 5.74) is 0.0278. The molecular formula is C55H72N6O12. The fourth-order valence-electron chi connectivity index (χ4n) is 11.1. The SMILES string of the molecule is CC[C@H]1OC(=O)[C@H](C)[C@@H](OC(=O)Cc2cn(C)c3ccccc23)[C@H](C)[C@@H](O[C@@H]2O[C@H](C)C[C@H](N(C)C)[C@H]2O)[C@](C)(OC(=O)NC/C=C/c2ccc(-c3ncccn3)cc2)C[C@@H](C)C(=O)[C@H](C)[C@H]2NC(=O)O[C@@]21C. The van der Waals surface area contributed by atoms with Crippen molar-refractivity contribution in [3.63, 3.8) is 0 Å². The number of Topliss-reactive ketones (excluding diaryl/α,β-unsaturated/α-hetero) is 1. The van der Waals surface area contributed by atoms with Gasteiger partial charge in [0.15, 0.2) is 17.7 Å². The first kappa shape index (κ1) is 54.6. The lowest BCUT2D eigenvalue weighted by Crippen LogP contribution is -2.61. The van der Waals surface area contributed by atoms with E-state index in [4.69, 9.17) is 28.4 Å². The van der Waals surface area contributed by atoms with Crippen molar-refractivity contribution in [3.8, 4) is 11.4 Å². The predicted molar refractivity (Wildman–Crippen MR) is 271 cm³/mol. The number of carbonyl (C=O) groups is 5. The van der Waals surface area contributed by atoms with E-state index in [1.807, 2.05) is 98.3 Å². The second-order valence-electron chi connectivity index (χ2n) is 20.7. The van der Waals surface area contributed by atoms with Crippen molar-refractivity contribution in [1.82, 2.24) is 30.1 Å². The molecule has 3 saturated heterocycles. The van der Waals surface area contributed by atoms with Gasteiger partial charge in [-0.1, -0.05) is 82.3 Å². The van der Waals surface area contributed by atoms with Crippen LogP contribution in [0.3, 0.4) is 0 Å². The third kappa shape index (κ3) is 12.1. The summed E-state index contributed by atoms with van der Waals surface area (Å²) >= 11 is 0. The average molecular weight is 1010 g/mol. The van der Waals surface area contributed by atoms with Crippen LogP contribution >= 0.6 is 0 Å². The molecule has 0 spiro atoms.